The van der Waals surface area contributed by atoms with Crippen LogP contribution >= 0.6 is 39.1 Å². The minimum absolute atomic E-state index is 0.340. The fourth-order valence-corrected chi connectivity index (χ4v) is 3.94. The molecule has 0 bridgehead atoms. The van der Waals surface area contributed by atoms with E-state index in [4.69, 9.17) is 23.2 Å². The van der Waals surface area contributed by atoms with Crippen LogP contribution in [-0.4, -0.2) is 0 Å². The topological polar surface area (TPSA) is 0 Å². The van der Waals surface area contributed by atoms with Crippen LogP contribution in [0.5, 0.6) is 0 Å². The Morgan fingerprint density at radius 1 is 0.905 bits per heavy atom. The van der Waals surface area contributed by atoms with E-state index in [2.05, 4.69) is 22.9 Å². The summed E-state index contributed by atoms with van der Waals surface area (Å²) in [5.41, 5.74) is 1.15. The molecule has 3 heteroatoms. The van der Waals surface area contributed by atoms with Gasteiger partial charge in [0.25, 0.3) is 0 Å². The first kappa shape index (κ1) is 19.3. The summed E-state index contributed by atoms with van der Waals surface area (Å²) >= 11 is 15.9. The molecule has 0 radical (unpaired) electrons. The normalized spacial score (nSPS) is 12.6. The smallest absolute Gasteiger partial charge is 0.0464 e. The zero-order chi connectivity index (χ0) is 15.5. The van der Waals surface area contributed by atoms with Gasteiger partial charge in [0.1, 0.15) is 0 Å². The maximum Gasteiger partial charge on any atom is 0.0464 e. The molecule has 0 N–H and O–H groups in total. The highest BCUT2D eigenvalue weighted by Crippen LogP contribution is 2.34. The maximum atomic E-state index is 6.23. The summed E-state index contributed by atoms with van der Waals surface area (Å²) in [6, 6.07) is 5.76. The molecule has 120 valence electrons. The van der Waals surface area contributed by atoms with Crippen LogP contribution < -0.4 is 0 Å². The lowest BCUT2D eigenvalue weighted by Crippen LogP contribution is -1.92. The summed E-state index contributed by atoms with van der Waals surface area (Å²) in [4.78, 5) is 0.340. The third-order valence-electron chi connectivity index (χ3n) is 3.86. The molecular formula is C18H27BrCl2. The molecule has 0 fully saturated rings. The van der Waals surface area contributed by atoms with Crippen molar-refractivity contribution in [3.05, 3.63) is 33.8 Å². The van der Waals surface area contributed by atoms with Crippen LogP contribution in [0.1, 0.15) is 81.5 Å². The van der Waals surface area contributed by atoms with Crippen LogP contribution in [0, 0.1) is 0 Å². The van der Waals surface area contributed by atoms with Gasteiger partial charge in [0.15, 0.2) is 0 Å². The summed E-state index contributed by atoms with van der Waals surface area (Å²) in [5, 5.41) is 1.46. The van der Waals surface area contributed by atoms with Gasteiger partial charge in [-0.1, -0.05) is 110 Å². The molecule has 21 heavy (non-hydrogen) atoms. The van der Waals surface area contributed by atoms with Gasteiger partial charge in [0, 0.05) is 14.9 Å². The zero-order valence-corrected chi connectivity index (χ0v) is 16.1. The van der Waals surface area contributed by atoms with E-state index in [9.17, 15) is 0 Å². The average Bonchev–Trinajstić information content (AvgIpc) is 2.45. The van der Waals surface area contributed by atoms with Gasteiger partial charge in [-0.15, -0.1) is 0 Å². The molecule has 0 amide bonds. The Bertz CT molecular complexity index is 393. The Hall–Kier alpha value is 0.280. The molecule has 0 aromatic heterocycles. The molecule has 1 unspecified atom stereocenters. The molecule has 0 saturated carbocycles. The number of rotatable bonds is 11. The van der Waals surface area contributed by atoms with Crippen molar-refractivity contribution < 1.29 is 0 Å². The van der Waals surface area contributed by atoms with Crippen molar-refractivity contribution in [1.29, 1.82) is 0 Å². The van der Waals surface area contributed by atoms with Crippen LogP contribution in [0.2, 0.25) is 10.0 Å². The lowest BCUT2D eigenvalue weighted by molar-refractivity contribution is 0.556. The van der Waals surface area contributed by atoms with E-state index < -0.39 is 0 Å². The predicted octanol–water partition coefficient (Wildman–Crippen LogP) is 8.35. The minimum atomic E-state index is 0.340. The number of alkyl halides is 1. The number of hydrogen-bond acceptors (Lipinski definition) is 0. The Balaban J connectivity index is 2.09. The van der Waals surface area contributed by atoms with Crippen LogP contribution in [0.4, 0.5) is 0 Å². The van der Waals surface area contributed by atoms with E-state index in [0.29, 0.717) is 9.85 Å². The van der Waals surface area contributed by atoms with Crippen molar-refractivity contribution in [2.75, 3.05) is 0 Å². The summed E-state index contributed by atoms with van der Waals surface area (Å²) < 4.78 is 0. The fraction of sp³-hybridized carbons (Fsp3) is 0.667. The largest absolute Gasteiger partial charge is 0.0843 e. The molecule has 0 heterocycles. The standard InChI is InChI=1S/C18H27BrCl2/c1-2-3-4-5-6-7-8-9-10-11-17(19)16-13-12-15(20)14-18(16)21/h12-14,17H,2-11H2,1H3. The highest BCUT2D eigenvalue weighted by molar-refractivity contribution is 9.09. The Morgan fingerprint density at radius 2 is 1.48 bits per heavy atom. The van der Waals surface area contributed by atoms with Crippen LogP contribution in [0.25, 0.3) is 0 Å². The van der Waals surface area contributed by atoms with E-state index in [1.807, 2.05) is 18.2 Å². The van der Waals surface area contributed by atoms with Gasteiger partial charge < -0.3 is 0 Å². The highest BCUT2D eigenvalue weighted by atomic mass is 79.9. The molecular weight excluding hydrogens is 367 g/mol. The van der Waals surface area contributed by atoms with Crippen molar-refractivity contribution >= 4 is 39.1 Å². The van der Waals surface area contributed by atoms with E-state index in [1.54, 1.807) is 0 Å². The average molecular weight is 394 g/mol. The van der Waals surface area contributed by atoms with Gasteiger partial charge in [0.05, 0.1) is 0 Å². The predicted molar refractivity (Wildman–Crippen MR) is 100.0 cm³/mol. The second-order valence-electron chi connectivity index (χ2n) is 5.75. The van der Waals surface area contributed by atoms with E-state index in [-0.39, 0.29) is 0 Å². The SMILES string of the molecule is CCCCCCCCCCCC(Br)c1ccc(Cl)cc1Cl. The molecule has 1 aromatic carbocycles. The third kappa shape index (κ3) is 8.47. The Labute approximate surface area is 148 Å². The van der Waals surface area contributed by atoms with Crippen molar-refractivity contribution in [1.82, 2.24) is 0 Å². The zero-order valence-electron chi connectivity index (χ0n) is 13.0. The van der Waals surface area contributed by atoms with Crippen LogP contribution in [-0.2, 0) is 0 Å². The maximum absolute atomic E-state index is 6.23. The molecule has 1 rings (SSSR count). The van der Waals surface area contributed by atoms with E-state index in [0.717, 1.165) is 17.0 Å². The van der Waals surface area contributed by atoms with Crippen molar-refractivity contribution in [3.63, 3.8) is 0 Å². The lowest BCUT2D eigenvalue weighted by atomic mass is 10.0. The van der Waals surface area contributed by atoms with E-state index >= 15 is 0 Å². The number of hydrogen-bond donors (Lipinski definition) is 0. The van der Waals surface area contributed by atoms with Crippen molar-refractivity contribution in [2.45, 2.75) is 76.0 Å². The Kier molecular flexibility index (Phi) is 10.9. The first-order chi connectivity index (χ1) is 10.1. The molecule has 0 aliphatic carbocycles. The molecule has 0 spiro atoms. The quantitative estimate of drug-likeness (QED) is 0.261. The second kappa shape index (κ2) is 11.8. The van der Waals surface area contributed by atoms with Crippen molar-refractivity contribution in [3.8, 4) is 0 Å². The summed E-state index contributed by atoms with van der Waals surface area (Å²) in [6.45, 7) is 2.27. The summed E-state index contributed by atoms with van der Waals surface area (Å²) in [7, 11) is 0. The van der Waals surface area contributed by atoms with Gasteiger partial charge >= 0.3 is 0 Å². The molecule has 1 aromatic rings. The summed E-state index contributed by atoms with van der Waals surface area (Å²) in [6.07, 6.45) is 13.4. The first-order valence-corrected chi connectivity index (χ1v) is 9.91. The molecule has 0 aliphatic heterocycles. The molecule has 0 aliphatic rings. The number of benzene rings is 1. The van der Waals surface area contributed by atoms with E-state index in [1.165, 1.54) is 57.8 Å². The van der Waals surface area contributed by atoms with Crippen LogP contribution in [0.15, 0.2) is 18.2 Å². The van der Waals surface area contributed by atoms with Gasteiger partial charge in [0.2, 0.25) is 0 Å². The monoisotopic (exact) mass is 392 g/mol. The van der Waals surface area contributed by atoms with Crippen LogP contribution in [0.3, 0.4) is 0 Å². The minimum Gasteiger partial charge on any atom is -0.0843 e. The van der Waals surface area contributed by atoms with Crippen molar-refractivity contribution in [2.24, 2.45) is 0 Å². The number of halogens is 3. The highest BCUT2D eigenvalue weighted by Gasteiger charge is 2.11. The van der Waals surface area contributed by atoms with Gasteiger partial charge in [-0.2, -0.15) is 0 Å². The van der Waals surface area contributed by atoms with Gasteiger partial charge in [-0.3, -0.25) is 0 Å². The van der Waals surface area contributed by atoms with Gasteiger partial charge in [-0.25, -0.2) is 0 Å². The third-order valence-corrected chi connectivity index (χ3v) is 5.37. The number of unbranched alkanes of at least 4 members (excludes halogenated alkanes) is 8. The second-order valence-corrected chi connectivity index (χ2v) is 7.70. The Morgan fingerprint density at radius 3 is 2.05 bits per heavy atom. The molecule has 0 saturated heterocycles. The molecule has 1 atom stereocenters. The summed E-state index contributed by atoms with van der Waals surface area (Å²) in [5.74, 6) is 0. The lowest BCUT2D eigenvalue weighted by Gasteiger charge is -2.12. The molecule has 0 nitrogen and oxygen atoms in total. The fourth-order valence-electron chi connectivity index (χ4n) is 2.55. The van der Waals surface area contributed by atoms with Gasteiger partial charge in [-0.05, 0) is 24.1 Å². The first-order valence-electron chi connectivity index (χ1n) is 8.24.